The Morgan fingerprint density at radius 1 is 1.57 bits per heavy atom. The summed E-state index contributed by atoms with van der Waals surface area (Å²) >= 11 is 0. The molecule has 0 bridgehead atoms. The first-order valence-corrected chi connectivity index (χ1v) is 4.27. The van der Waals surface area contributed by atoms with Gasteiger partial charge in [0.25, 0.3) is 5.69 Å². The average molecular weight is 190 g/mol. The van der Waals surface area contributed by atoms with Gasteiger partial charge < -0.3 is 0 Å². The van der Waals surface area contributed by atoms with Gasteiger partial charge in [0, 0.05) is 18.1 Å². The van der Waals surface area contributed by atoms with Crippen molar-refractivity contribution in [2.24, 2.45) is 0 Å². The van der Waals surface area contributed by atoms with E-state index in [1.165, 1.54) is 6.07 Å². The topological polar surface area (TPSA) is 43.1 Å². The van der Waals surface area contributed by atoms with Crippen LogP contribution in [0.3, 0.4) is 0 Å². The van der Waals surface area contributed by atoms with Crippen LogP contribution >= 0.6 is 0 Å². The molecule has 0 amide bonds. The zero-order valence-electron chi connectivity index (χ0n) is 8.28. The van der Waals surface area contributed by atoms with E-state index in [0.717, 1.165) is 17.0 Å². The van der Waals surface area contributed by atoms with Crippen LogP contribution in [0.5, 0.6) is 0 Å². The summed E-state index contributed by atoms with van der Waals surface area (Å²) in [5, 5.41) is 10.5. The number of benzene rings is 1. The van der Waals surface area contributed by atoms with Gasteiger partial charge in [-0.15, -0.1) is 6.58 Å². The Morgan fingerprint density at radius 2 is 2.21 bits per heavy atom. The van der Waals surface area contributed by atoms with Gasteiger partial charge in [-0.3, -0.25) is 10.1 Å². The normalized spacial score (nSPS) is 10.2. The van der Waals surface area contributed by atoms with E-state index in [4.69, 9.17) is 0 Å². The molecule has 0 spiro atoms. The molecule has 1 aromatic carbocycles. The van der Waals surface area contributed by atoms with Gasteiger partial charge in [0.15, 0.2) is 0 Å². The first-order chi connectivity index (χ1) is 6.56. The summed E-state index contributed by atoms with van der Waals surface area (Å²) in [5.74, 6) is 0.950. The van der Waals surface area contributed by atoms with Crippen molar-refractivity contribution in [2.75, 3.05) is 0 Å². The Hall–Kier alpha value is -1.64. The summed E-state index contributed by atoms with van der Waals surface area (Å²) in [6, 6.07) is 4.84. The second-order valence-electron chi connectivity index (χ2n) is 3.14. The lowest BCUT2D eigenvalue weighted by Gasteiger charge is -2.08. The van der Waals surface area contributed by atoms with Crippen LogP contribution in [0.2, 0.25) is 0 Å². The van der Waals surface area contributed by atoms with E-state index >= 15 is 0 Å². The Balaban J connectivity index is 3.20. The highest BCUT2D eigenvalue weighted by Gasteiger charge is 2.11. The van der Waals surface area contributed by atoms with E-state index in [9.17, 15) is 10.1 Å². The number of aryl methyl sites for hydroxylation is 1. The first kappa shape index (κ1) is 10.4. The van der Waals surface area contributed by atoms with Gasteiger partial charge in [-0.25, -0.2) is 0 Å². The minimum Gasteiger partial charge on any atom is -0.258 e. The predicted molar refractivity (Wildman–Crippen MR) is 56.0 cm³/mol. The third-order valence-electron chi connectivity index (χ3n) is 2.16. The van der Waals surface area contributed by atoms with Crippen molar-refractivity contribution in [2.45, 2.75) is 13.8 Å². The van der Waals surface area contributed by atoms with Gasteiger partial charge in [-0.1, -0.05) is 19.1 Å². The van der Waals surface area contributed by atoms with Crippen molar-refractivity contribution in [1.82, 2.24) is 0 Å². The Kier molecular flexibility index (Phi) is 3.02. The average Bonchev–Trinajstić information content (AvgIpc) is 2.17. The number of allylic oxidation sites excluding steroid dienone is 1. The quantitative estimate of drug-likeness (QED) is 0.543. The molecule has 0 aromatic heterocycles. The molecule has 0 unspecified atom stereocenters. The fraction of sp³-hybridized carbons (Fsp3) is 0.182. The SMILES string of the molecule is C=C[C](C)c1cc([N+](=O)[O-])ccc1C. The van der Waals surface area contributed by atoms with Crippen LogP contribution in [-0.2, 0) is 0 Å². The first-order valence-electron chi connectivity index (χ1n) is 4.27. The maximum absolute atomic E-state index is 10.5. The van der Waals surface area contributed by atoms with Crippen molar-refractivity contribution in [3.63, 3.8) is 0 Å². The molecule has 3 nitrogen and oxygen atoms in total. The van der Waals surface area contributed by atoms with Crippen LogP contribution in [-0.4, -0.2) is 4.92 Å². The van der Waals surface area contributed by atoms with Crippen LogP contribution in [0.1, 0.15) is 18.1 Å². The van der Waals surface area contributed by atoms with E-state index in [1.807, 2.05) is 13.8 Å². The molecule has 0 saturated heterocycles. The minimum absolute atomic E-state index is 0.117. The molecule has 0 aliphatic rings. The lowest BCUT2D eigenvalue weighted by molar-refractivity contribution is -0.384. The monoisotopic (exact) mass is 190 g/mol. The Bertz CT molecular complexity index is 372. The molecule has 1 aromatic rings. The number of nitrogens with zero attached hydrogens (tertiary/aromatic N) is 1. The number of non-ortho nitro benzene ring substituents is 1. The molecule has 73 valence electrons. The summed E-state index contributed by atoms with van der Waals surface area (Å²) in [6.07, 6.45) is 1.70. The van der Waals surface area contributed by atoms with E-state index in [-0.39, 0.29) is 10.6 Å². The largest absolute Gasteiger partial charge is 0.269 e. The molecule has 0 saturated carbocycles. The molecule has 0 heterocycles. The standard InChI is InChI=1S/C11H12NO2/c1-4-8(2)11-7-10(12(13)14)6-5-9(11)3/h4-7H,1H2,2-3H3. The summed E-state index contributed by atoms with van der Waals surface area (Å²) in [6.45, 7) is 7.46. The van der Waals surface area contributed by atoms with Gasteiger partial charge in [-0.05, 0) is 18.1 Å². The third-order valence-corrected chi connectivity index (χ3v) is 2.16. The van der Waals surface area contributed by atoms with Crippen molar-refractivity contribution >= 4 is 5.69 Å². The molecule has 0 N–H and O–H groups in total. The summed E-state index contributed by atoms with van der Waals surface area (Å²) in [4.78, 5) is 10.2. The lowest BCUT2D eigenvalue weighted by atomic mass is 9.96. The molecule has 0 aliphatic heterocycles. The zero-order valence-corrected chi connectivity index (χ0v) is 8.28. The molecule has 14 heavy (non-hydrogen) atoms. The number of hydrogen-bond acceptors (Lipinski definition) is 2. The highest BCUT2D eigenvalue weighted by Crippen LogP contribution is 2.24. The maximum atomic E-state index is 10.5. The second kappa shape index (κ2) is 4.05. The fourth-order valence-corrected chi connectivity index (χ4v) is 1.26. The van der Waals surface area contributed by atoms with Gasteiger partial charge in [0.2, 0.25) is 0 Å². The number of nitro benzene ring substituents is 1. The Labute approximate surface area is 83.2 Å². The number of rotatable bonds is 3. The molecule has 1 rings (SSSR count). The summed E-state index contributed by atoms with van der Waals surface area (Å²) in [5.41, 5.74) is 2.02. The van der Waals surface area contributed by atoms with Crippen molar-refractivity contribution in [3.8, 4) is 0 Å². The second-order valence-corrected chi connectivity index (χ2v) is 3.14. The molecular weight excluding hydrogens is 178 g/mol. The number of hydrogen-bond donors (Lipinski definition) is 0. The molecular formula is C11H12NO2. The van der Waals surface area contributed by atoms with Crippen LogP contribution in [0.25, 0.3) is 0 Å². The van der Waals surface area contributed by atoms with E-state index in [0.29, 0.717) is 0 Å². The van der Waals surface area contributed by atoms with Crippen molar-refractivity contribution < 1.29 is 4.92 Å². The van der Waals surface area contributed by atoms with Gasteiger partial charge in [-0.2, -0.15) is 0 Å². The van der Waals surface area contributed by atoms with Crippen LogP contribution in [0, 0.1) is 23.0 Å². The van der Waals surface area contributed by atoms with Gasteiger partial charge >= 0.3 is 0 Å². The van der Waals surface area contributed by atoms with E-state index < -0.39 is 0 Å². The van der Waals surface area contributed by atoms with Crippen LogP contribution in [0.15, 0.2) is 30.9 Å². The van der Waals surface area contributed by atoms with E-state index in [1.54, 1.807) is 18.2 Å². The van der Waals surface area contributed by atoms with E-state index in [2.05, 4.69) is 6.58 Å². The highest BCUT2D eigenvalue weighted by atomic mass is 16.6. The van der Waals surface area contributed by atoms with Crippen molar-refractivity contribution in [3.05, 3.63) is 58.0 Å². The van der Waals surface area contributed by atoms with Crippen molar-refractivity contribution in [1.29, 1.82) is 0 Å². The van der Waals surface area contributed by atoms with Crippen LogP contribution in [0.4, 0.5) is 5.69 Å². The third kappa shape index (κ3) is 1.99. The van der Waals surface area contributed by atoms with Gasteiger partial charge in [0.1, 0.15) is 0 Å². The van der Waals surface area contributed by atoms with Gasteiger partial charge in [0.05, 0.1) is 4.92 Å². The Morgan fingerprint density at radius 3 is 2.71 bits per heavy atom. The predicted octanol–water partition coefficient (Wildman–Crippen LogP) is 3.03. The minimum atomic E-state index is -0.390. The molecule has 1 radical (unpaired) electrons. The smallest absolute Gasteiger partial charge is 0.258 e. The molecule has 0 atom stereocenters. The highest BCUT2D eigenvalue weighted by molar-refractivity contribution is 5.48. The lowest BCUT2D eigenvalue weighted by Crippen LogP contribution is -1.96. The zero-order chi connectivity index (χ0) is 10.7. The number of nitro groups is 1. The molecule has 0 aliphatic carbocycles. The maximum Gasteiger partial charge on any atom is 0.269 e. The summed E-state index contributed by atoms with van der Waals surface area (Å²) < 4.78 is 0. The molecule has 3 heteroatoms. The molecule has 0 fully saturated rings. The fourth-order valence-electron chi connectivity index (χ4n) is 1.26. The summed E-state index contributed by atoms with van der Waals surface area (Å²) in [7, 11) is 0. The van der Waals surface area contributed by atoms with Crippen LogP contribution < -0.4 is 0 Å².